The average Bonchev–Trinajstić information content (AvgIpc) is 3.08. The van der Waals surface area contributed by atoms with Crippen LogP contribution in [0.15, 0.2) is 48.5 Å². The summed E-state index contributed by atoms with van der Waals surface area (Å²) in [5, 5.41) is 21.7. The number of para-hydroxylation sites is 1. The Morgan fingerprint density at radius 2 is 1.86 bits per heavy atom. The van der Waals surface area contributed by atoms with E-state index in [9.17, 15) is 14.7 Å². The molecule has 1 fully saturated rings. The van der Waals surface area contributed by atoms with Crippen LogP contribution in [0, 0.1) is 5.41 Å². The Morgan fingerprint density at radius 1 is 1.18 bits per heavy atom. The first-order valence-electron chi connectivity index (χ1n) is 8.77. The van der Waals surface area contributed by atoms with Crippen LogP contribution in [0.4, 0.5) is 5.69 Å². The van der Waals surface area contributed by atoms with Crippen LogP contribution in [0.1, 0.15) is 11.1 Å². The molecular formula is C20H20N4O4. The van der Waals surface area contributed by atoms with Crippen molar-refractivity contribution in [1.29, 1.82) is 5.41 Å². The number of carbonyl (C=O) groups is 2. The summed E-state index contributed by atoms with van der Waals surface area (Å²) in [6, 6.07) is 12.9. The minimum atomic E-state index is -2.08. The second-order valence-corrected chi connectivity index (χ2v) is 6.87. The Morgan fingerprint density at radius 3 is 2.46 bits per heavy atom. The van der Waals surface area contributed by atoms with Crippen molar-refractivity contribution >= 4 is 23.5 Å². The minimum Gasteiger partial charge on any atom is -0.497 e. The molecule has 2 heterocycles. The highest BCUT2D eigenvalue weighted by Gasteiger charge is 2.60. The molecule has 2 amide bonds. The number of hydrogen-bond acceptors (Lipinski definition) is 5. The van der Waals surface area contributed by atoms with Crippen molar-refractivity contribution in [1.82, 2.24) is 10.2 Å². The monoisotopic (exact) mass is 380 g/mol. The summed E-state index contributed by atoms with van der Waals surface area (Å²) in [5.41, 5.74) is -0.323. The molecule has 0 bridgehead atoms. The molecule has 0 spiro atoms. The summed E-state index contributed by atoms with van der Waals surface area (Å²) in [7, 11) is 3.08. The zero-order valence-electron chi connectivity index (χ0n) is 15.5. The van der Waals surface area contributed by atoms with E-state index in [4.69, 9.17) is 10.1 Å². The summed E-state index contributed by atoms with van der Waals surface area (Å²) >= 11 is 0. The number of benzene rings is 2. The average molecular weight is 380 g/mol. The van der Waals surface area contributed by atoms with Crippen molar-refractivity contribution in [3.05, 3.63) is 59.7 Å². The largest absolute Gasteiger partial charge is 0.497 e. The van der Waals surface area contributed by atoms with E-state index in [0.717, 1.165) is 5.56 Å². The standard InChI is InChI=1S/C20H20N4O4/c1-23-16(17(25)22-19(23)21)20(27)14-5-3-4-6-15(14)24(18(20)26)11-12-7-9-13(28-2)10-8-12/h3-10,16,27H,11H2,1-2H3,(H2,21,22,25). The summed E-state index contributed by atoms with van der Waals surface area (Å²) < 4.78 is 5.16. The molecule has 2 unspecified atom stereocenters. The number of amides is 2. The first-order valence-corrected chi connectivity index (χ1v) is 8.77. The van der Waals surface area contributed by atoms with Crippen LogP contribution < -0.4 is 15.0 Å². The molecule has 3 N–H and O–H groups in total. The number of ether oxygens (including phenoxy) is 1. The summed E-state index contributed by atoms with van der Waals surface area (Å²) in [6.45, 7) is 0.234. The van der Waals surface area contributed by atoms with Gasteiger partial charge in [-0.1, -0.05) is 30.3 Å². The fourth-order valence-electron chi connectivity index (χ4n) is 3.84. The number of fused-ring (bicyclic) bond motifs is 1. The van der Waals surface area contributed by atoms with Crippen LogP contribution in [0.25, 0.3) is 0 Å². The molecule has 0 radical (unpaired) electrons. The molecule has 1 saturated heterocycles. The molecule has 2 aromatic carbocycles. The third-order valence-corrected chi connectivity index (χ3v) is 5.30. The number of anilines is 1. The van der Waals surface area contributed by atoms with Gasteiger partial charge in [0, 0.05) is 12.6 Å². The molecule has 4 rings (SSSR count). The maximum atomic E-state index is 13.4. The van der Waals surface area contributed by atoms with E-state index in [1.165, 1.54) is 16.8 Å². The summed E-state index contributed by atoms with van der Waals surface area (Å²) in [4.78, 5) is 28.6. The van der Waals surface area contributed by atoms with Gasteiger partial charge in [-0.25, -0.2) is 0 Å². The van der Waals surface area contributed by atoms with Crippen LogP contribution in [-0.2, 0) is 21.7 Å². The molecule has 144 valence electrons. The van der Waals surface area contributed by atoms with Gasteiger partial charge in [0.25, 0.3) is 11.8 Å². The maximum absolute atomic E-state index is 13.4. The molecule has 2 atom stereocenters. The fraction of sp³-hybridized carbons (Fsp3) is 0.250. The minimum absolute atomic E-state index is 0.151. The quantitative estimate of drug-likeness (QED) is 0.727. The smallest absolute Gasteiger partial charge is 0.266 e. The zero-order valence-corrected chi connectivity index (χ0v) is 15.5. The van der Waals surface area contributed by atoms with Crippen LogP contribution >= 0.6 is 0 Å². The molecule has 8 nitrogen and oxygen atoms in total. The number of aliphatic hydroxyl groups is 1. The number of methoxy groups -OCH3 is 1. The SMILES string of the molecule is COc1ccc(CN2C(=O)C(O)(C3C(=O)NC(=N)N3C)c3ccccc32)cc1. The number of rotatable bonds is 4. The van der Waals surface area contributed by atoms with E-state index in [-0.39, 0.29) is 12.5 Å². The lowest BCUT2D eigenvalue weighted by Gasteiger charge is -2.31. The molecule has 8 heteroatoms. The van der Waals surface area contributed by atoms with Crippen LogP contribution in [0.5, 0.6) is 5.75 Å². The highest BCUT2D eigenvalue weighted by molar-refractivity contribution is 6.14. The second kappa shape index (κ2) is 6.35. The normalized spacial score (nSPS) is 23.8. The van der Waals surface area contributed by atoms with Crippen molar-refractivity contribution in [2.45, 2.75) is 18.2 Å². The fourth-order valence-corrected chi connectivity index (χ4v) is 3.84. The second-order valence-electron chi connectivity index (χ2n) is 6.87. The molecule has 2 aliphatic rings. The predicted octanol–water partition coefficient (Wildman–Crippen LogP) is 0.795. The van der Waals surface area contributed by atoms with Crippen LogP contribution in [0.2, 0.25) is 0 Å². The zero-order chi connectivity index (χ0) is 20.1. The number of hydrogen-bond donors (Lipinski definition) is 3. The van der Waals surface area contributed by atoms with Gasteiger partial charge in [0.05, 0.1) is 19.3 Å². The van der Waals surface area contributed by atoms with Crippen molar-refractivity contribution in [3.8, 4) is 5.75 Å². The number of nitrogens with one attached hydrogen (secondary N) is 2. The lowest BCUT2D eigenvalue weighted by Crippen LogP contribution is -2.55. The topological polar surface area (TPSA) is 106 Å². The van der Waals surface area contributed by atoms with Gasteiger partial charge in [-0.3, -0.25) is 20.3 Å². The summed E-state index contributed by atoms with van der Waals surface area (Å²) in [5.74, 6) is -0.617. The van der Waals surface area contributed by atoms with E-state index in [1.54, 1.807) is 43.5 Å². The van der Waals surface area contributed by atoms with Crippen LogP contribution in [0.3, 0.4) is 0 Å². The first kappa shape index (κ1) is 18.0. The lowest BCUT2D eigenvalue weighted by atomic mass is 9.87. The van der Waals surface area contributed by atoms with Crippen molar-refractivity contribution in [2.75, 3.05) is 19.1 Å². The Hall–Kier alpha value is -3.39. The Balaban J connectivity index is 1.75. The molecule has 0 aromatic heterocycles. The molecule has 0 aliphatic carbocycles. The van der Waals surface area contributed by atoms with Gasteiger partial charge < -0.3 is 19.6 Å². The predicted molar refractivity (Wildman–Crippen MR) is 102 cm³/mol. The molecular weight excluding hydrogens is 360 g/mol. The van der Waals surface area contributed by atoms with Crippen LogP contribution in [-0.4, -0.2) is 48.0 Å². The Labute approximate surface area is 161 Å². The first-order chi connectivity index (χ1) is 13.4. The van der Waals surface area contributed by atoms with Crippen molar-refractivity contribution in [2.24, 2.45) is 0 Å². The number of nitrogens with zero attached hydrogens (tertiary/aromatic N) is 2. The van der Waals surface area contributed by atoms with Gasteiger partial charge >= 0.3 is 0 Å². The third kappa shape index (κ3) is 2.45. The van der Waals surface area contributed by atoms with E-state index in [2.05, 4.69) is 5.32 Å². The molecule has 0 saturated carbocycles. The highest BCUT2D eigenvalue weighted by Crippen LogP contribution is 2.45. The van der Waals surface area contributed by atoms with E-state index >= 15 is 0 Å². The van der Waals surface area contributed by atoms with Gasteiger partial charge in [-0.05, 0) is 23.8 Å². The summed E-state index contributed by atoms with van der Waals surface area (Å²) in [6.07, 6.45) is 0. The van der Waals surface area contributed by atoms with E-state index in [1.807, 2.05) is 12.1 Å². The van der Waals surface area contributed by atoms with Gasteiger partial charge in [0.2, 0.25) is 5.60 Å². The van der Waals surface area contributed by atoms with Gasteiger partial charge in [-0.15, -0.1) is 0 Å². The molecule has 2 aliphatic heterocycles. The van der Waals surface area contributed by atoms with Gasteiger partial charge in [-0.2, -0.15) is 0 Å². The Bertz CT molecular complexity index is 974. The van der Waals surface area contributed by atoms with Gasteiger partial charge in [0.1, 0.15) is 5.75 Å². The number of carbonyl (C=O) groups excluding carboxylic acids is 2. The van der Waals surface area contributed by atoms with E-state index < -0.39 is 23.5 Å². The van der Waals surface area contributed by atoms with E-state index in [0.29, 0.717) is 17.0 Å². The van der Waals surface area contributed by atoms with Crippen molar-refractivity contribution in [3.63, 3.8) is 0 Å². The molecule has 28 heavy (non-hydrogen) atoms. The molecule has 2 aromatic rings. The van der Waals surface area contributed by atoms with Crippen molar-refractivity contribution < 1.29 is 19.4 Å². The number of guanidine groups is 1. The maximum Gasteiger partial charge on any atom is 0.266 e. The highest BCUT2D eigenvalue weighted by atomic mass is 16.5. The lowest BCUT2D eigenvalue weighted by molar-refractivity contribution is -0.148. The number of likely N-dealkylation sites (N-methyl/N-ethyl adjacent to an activating group) is 1. The van der Waals surface area contributed by atoms with Gasteiger partial charge in [0.15, 0.2) is 12.0 Å². The third-order valence-electron chi connectivity index (χ3n) is 5.30. The Kier molecular flexibility index (Phi) is 4.08.